The number of aromatic nitrogens is 1. The normalized spacial score (nSPS) is 11.3. The zero-order valence-corrected chi connectivity index (χ0v) is 14.9. The lowest BCUT2D eigenvalue weighted by molar-refractivity contribution is -0.121. The molecule has 4 rings (SSSR count). The van der Waals surface area contributed by atoms with Crippen molar-refractivity contribution in [3.63, 3.8) is 0 Å². The maximum Gasteiger partial charge on any atom is 0.260 e. The van der Waals surface area contributed by atoms with E-state index in [0.29, 0.717) is 0 Å². The van der Waals surface area contributed by atoms with Gasteiger partial charge in [0.25, 0.3) is 5.91 Å². The summed E-state index contributed by atoms with van der Waals surface area (Å²) in [5, 5.41) is 6.34. The van der Waals surface area contributed by atoms with Crippen LogP contribution in [0.3, 0.4) is 0 Å². The van der Waals surface area contributed by atoms with E-state index in [-0.39, 0.29) is 12.5 Å². The van der Waals surface area contributed by atoms with Crippen LogP contribution in [0.15, 0.2) is 77.9 Å². The van der Waals surface area contributed by atoms with Gasteiger partial charge in [0.05, 0.1) is 13.3 Å². The van der Waals surface area contributed by atoms with Gasteiger partial charge >= 0.3 is 0 Å². The molecule has 0 saturated carbocycles. The van der Waals surface area contributed by atoms with Crippen LogP contribution in [0.2, 0.25) is 0 Å². The monoisotopic (exact) mass is 357 g/mol. The molecular formula is C22H19N3O2. The molecular weight excluding hydrogens is 338 g/mol. The van der Waals surface area contributed by atoms with E-state index < -0.39 is 0 Å². The third kappa shape index (κ3) is 3.40. The van der Waals surface area contributed by atoms with Crippen molar-refractivity contribution in [1.29, 1.82) is 0 Å². The molecule has 5 nitrogen and oxygen atoms in total. The molecule has 1 amide bonds. The zero-order valence-electron chi connectivity index (χ0n) is 14.9. The van der Waals surface area contributed by atoms with Crippen molar-refractivity contribution in [3.8, 4) is 5.75 Å². The number of benzene rings is 3. The minimum absolute atomic E-state index is 0.175. The van der Waals surface area contributed by atoms with Gasteiger partial charge in [0.2, 0.25) is 0 Å². The SMILES string of the molecule is COc1ccc(/C=N/NC(=O)Cn2c3ccccc3c3ccccc32)cc1. The molecule has 0 aliphatic carbocycles. The second-order valence-corrected chi connectivity index (χ2v) is 6.19. The Labute approximate surface area is 156 Å². The second-order valence-electron chi connectivity index (χ2n) is 6.19. The van der Waals surface area contributed by atoms with E-state index in [1.54, 1.807) is 13.3 Å². The lowest BCUT2D eigenvalue weighted by Crippen LogP contribution is -2.23. The van der Waals surface area contributed by atoms with Crippen LogP contribution < -0.4 is 10.2 Å². The molecule has 27 heavy (non-hydrogen) atoms. The summed E-state index contributed by atoms with van der Waals surface area (Å²) in [5.74, 6) is 0.605. The third-order valence-corrected chi connectivity index (χ3v) is 4.50. The summed E-state index contributed by atoms with van der Waals surface area (Å²) in [6, 6.07) is 23.7. The number of carbonyl (C=O) groups is 1. The Hall–Kier alpha value is -3.60. The van der Waals surface area contributed by atoms with E-state index in [0.717, 1.165) is 33.1 Å². The van der Waals surface area contributed by atoms with Gasteiger partial charge in [0.1, 0.15) is 12.3 Å². The number of nitrogens with zero attached hydrogens (tertiary/aromatic N) is 2. The van der Waals surface area contributed by atoms with E-state index in [4.69, 9.17) is 4.74 Å². The number of ether oxygens (including phenoxy) is 1. The lowest BCUT2D eigenvalue weighted by atomic mass is 10.2. The predicted octanol–water partition coefficient (Wildman–Crippen LogP) is 3.95. The van der Waals surface area contributed by atoms with Gasteiger partial charge in [0, 0.05) is 21.8 Å². The maximum atomic E-state index is 12.4. The fourth-order valence-electron chi connectivity index (χ4n) is 3.22. The number of amides is 1. The molecule has 0 radical (unpaired) electrons. The van der Waals surface area contributed by atoms with Gasteiger partial charge in [-0.15, -0.1) is 0 Å². The molecule has 0 aliphatic heterocycles. The molecule has 1 N–H and O–H groups in total. The topological polar surface area (TPSA) is 55.6 Å². The first-order valence-corrected chi connectivity index (χ1v) is 8.68. The number of hydrazone groups is 1. The molecule has 0 unspecified atom stereocenters. The number of nitrogens with one attached hydrogen (secondary N) is 1. The van der Waals surface area contributed by atoms with Gasteiger partial charge in [-0.3, -0.25) is 4.79 Å². The molecule has 0 saturated heterocycles. The number of methoxy groups -OCH3 is 1. The highest BCUT2D eigenvalue weighted by atomic mass is 16.5. The summed E-state index contributed by atoms with van der Waals surface area (Å²) in [6.07, 6.45) is 1.61. The largest absolute Gasteiger partial charge is 0.497 e. The maximum absolute atomic E-state index is 12.4. The van der Waals surface area contributed by atoms with Gasteiger partial charge in [-0.05, 0) is 42.0 Å². The Balaban J connectivity index is 1.53. The lowest BCUT2D eigenvalue weighted by Gasteiger charge is -2.06. The van der Waals surface area contributed by atoms with Crippen molar-refractivity contribution >= 4 is 33.9 Å². The first-order chi connectivity index (χ1) is 13.3. The van der Waals surface area contributed by atoms with Crippen molar-refractivity contribution in [1.82, 2.24) is 9.99 Å². The van der Waals surface area contributed by atoms with Crippen molar-refractivity contribution in [3.05, 3.63) is 78.4 Å². The van der Waals surface area contributed by atoms with Gasteiger partial charge in [-0.2, -0.15) is 5.10 Å². The molecule has 0 fully saturated rings. The summed E-state index contributed by atoms with van der Waals surface area (Å²) in [4.78, 5) is 12.4. The van der Waals surface area contributed by atoms with Gasteiger partial charge in [0.15, 0.2) is 0 Å². The van der Waals surface area contributed by atoms with Crippen LogP contribution in [0.4, 0.5) is 0 Å². The smallest absolute Gasteiger partial charge is 0.260 e. The summed E-state index contributed by atoms with van der Waals surface area (Å²) < 4.78 is 7.14. The van der Waals surface area contributed by atoms with Crippen LogP contribution in [-0.4, -0.2) is 23.8 Å². The molecule has 0 bridgehead atoms. The van der Waals surface area contributed by atoms with E-state index in [1.807, 2.05) is 65.2 Å². The van der Waals surface area contributed by atoms with Gasteiger partial charge in [-0.1, -0.05) is 36.4 Å². The number of carbonyl (C=O) groups excluding carboxylic acids is 1. The molecule has 0 atom stereocenters. The van der Waals surface area contributed by atoms with Crippen molar-refractivity contribution < 1.29 is 9.53 Å². The fraction of sp³-hybridized carbons (Fsp3) is 0.0909. The first-order valence-electron chi connectivity index (χ1n) is 8.68. The van der Waals surface area contributed by atoms with Gasteiger partial charge < -0.3 is 9.30 Å². The van der Waals surface area contributed by atoms with E-state index >= 15 is 0 Å². The Kier molecular flexibility index (Phi) is 4.58. The van der Waals surface area contributed by atoms with E-state index in [9.17, 15) is 4.79 Å². The summed E-state index contributed by atoms with van der Waals surface area (Å²) >= 11 is 0. The number of para-hydroxylation sites is 2. The summed E-state index contributed by atoms with van der Waals surface area (Å²) in [7, 11) is 1.62. The standard InChI is InChI=1S/C22H19N3O2/c1-27-17-12-10-16(11-13-17)14-23-24-22(26)15-25-20-8-4-2-6-18(20)19-7-3-5-9-21(19)25/h2-14H,15H2,1H3,(H,24,26)/b23-14+. The Bertz CT molecular complexity index is 1070. The minimum atomic E-state index is -0.175. The Morgan fingerprint density at radius 1 is 0.963 bits per heavy atom. The number of fused-ring (bicyclic) bond motifs is 3. The second kappa shape index (κ2) is 7.33. The van der Waals surface area contributed by atoms with E-state index in [2.05, 4.69) is 22.7 Å². The van der Waals surface area contributed by atoms with Crippen LogP contribution in [0.5, 0.6) is 5.75 Å². The summed E-state index contributed by atoms with van der Waals surface area (Å²) in [6.45, 7) is 0.202. The van der Waals surface area contributed by atoms with Crippen molar-refractivity contribution in [2.24, 2.45) is 5.10 Å². The Morgan fingerprint density at radius 3 is 2.15 bits per heavy atom. The van der Waals surface area contributed by atoms with Crippen LogP contribution in [0.1, 0.15) is 5.56 Å². The highest BCUT2D eigenvalue weighted by molar-refractivity contribution is 6.08. The quantitative estimate of drug-likeness (QED) is 0.434. The minimum Gasteiger partial charge on any atom is -0.497 e. The van der Waals surface area contributed by atoms with E-state index in [1.165, 1.54) is 0 Å². The van der Waals surface area contributed by atoms with Crippen molar-refractivity contribution in [2.45, 2.75) is 6.54 Å². The molecule has 0 spiro atoms. The number of hydrogen-bond acceptors (Lipinski definition) is 3. The first kappa shape index (κ1) is 16.8. The van der Waals surface area contributed by atoms with Crippen LogP contribution in [0.25, 0.3) is 21.8 Å². The van der Waals surface area contributed by atoms with Crippen molar-refractivity contribution in [2.75, 3.05) is 7.11 Å². The molecule has 134 valence electrons. The third-order valence-electron chi connectivity index (χ3n) is 4.50. The zero-order chi connectivity index (χ0) is 18.6. The van der Waals surface area contributed by atoms with Gasteiger partial charge in [-0.25, -0.2) is 5.43 Å². The molecule has 1 aromatic heterocycles. The predicted molar refractivity (Wildman–Crippen MR) is 108 cm³/mol. The molecule has 1 heterocycles. The summed E-state index contributed by atoms with van der Waals surface area (Å²) in [5.41, 5.74) is 5.56. The van der Waals surface area contributed by atoms with Crippen LogP contribution >= 0.6 is 0 Å². The van der Waals surface area contributed by atoms with Crippen LogP contribution in [0, 0.1) is 0 Å². The highest BCUT2D eigenvalue weighted by Gasteiger charge is 2.12. The molecule has 3 aromatic carbocycles. The number of rotatable bonds is 5. The molecule has 5 heteroatoms. The Morgan fingerprint density at radius 2 is 1.56 bits per heavy atom. The number of hydrogen-bond donors (Lipinski definition) is 1. The average Bonchev–Trinajstić information content (AvgIpc) is 3.03. The average molecular weight is 357 g/mol. The molecule has 0 aliphatic rings. The van der Waals surface area contributed by atoms with Crippen LogP contribution in [-0.2, 0) is 11.3 Å². The molecule has 4 aromatic rings. The fourth-order valence-corrected chi connectivity index (χ4v) is 3.22. The highest BCUT2D eigenvalue weighted by Crippen LogP contribution is 2.28.